The highest BCUT2D eigenvalue weighted by Crippen LogP contribution is 2.54. The third-order valence-electron chi connectivity index (χ3n) is 5.98. The maximum Gasteiger partial charge on any atom is 0.139 e. The maximum atomic E-state index is 12.8. The third-order valence-corrected chi connectivity index (χ3v) is 5.98. The van der Waals surface area contributed by atoms with E-state index in [9.17, 15) is 4.79 Å². The molecule has 0 aliphatic heterocycles. The number of hydrogen-bond acceptors (Lipinski definition) is 2. The van der Waals surface area contributed by atoms with Crippen molar-refractivity contribution in [2.24, 2.45) is 46.5 Å². The van der Waals surface area contributed by atoms with E-state index in [2.05, 4.69) is 37.4 Å². The van der Waals surface area contributed by atoms with Gasteiger partial charge in [-0.15, -0.1) is 6.58 Å². The number of carbonyl (C=O) groups is 1. The number of allylic oxidation sites excluding steroid dienone is 1. The second-order valence-corrected chi connectivity index (χ2v) is 7.15. The van der Waals surface area contributed by atoms with Crippen molar-refractivity contribution in [2.75, 3.05) is 6.54 Å². The highest BCUT2D eigenvalue weighted by Gasteiger charge is 2.54. The first-order valence-corrected chi connectivity index (χ1v) is 8.18. The van der Waals surface area contributed by atoms with Crippen LogP contribution in [-0.4, -0.2) is 12.3 Å². The molecule has 4 heteroatoms. The first-order chi connectivity index (χ1) is 10.0. The summed E-state index contributed by atoms with van der Waals surface area (Å²) >= 11 is 0. The highest BCUT2D eigenvalue weighted by atomic mass is 16.1. The van der Waals surface area contributed by atoms with Crippen LogP contribution in [0.3, 0.4) is 0 Å². The van der Waals surface area contributed by atoms with Crippen LogP contribution in [0.4, 0.5) is 0 Å². The molecule has 0 saturated heterocycles. The molecule has 0 heterocycles. The predicted octanol–water partition coefficient (Wildman–Crippen LogP) is 4.62. The number of ketones is 1. The first-order valence-electron chi connectivity index (χ1n) is 8.18. The zero-order chi connectivity index (χ0) is 15.6. The summed E-state index contributed by atoms with van der Waals surface area (Å²) in [7, 11) is 0. The van der Waals surface area contributed by atoms with Crippen molar-refractivity contribution in [3.05, 3.63) is 23.1 Å². The van der Waals surface area contributed by atoms with Gasteiger partial charge in [-0.2, -0.15) is 0 Å². The highest BCUT2D eigenvalue weighted by molar-refractivity contribution is 5.87. The van der Waals surface area contributed by atoms with Crippen molar-refractivity contribution in [3.63, 3.8) is 0 Å². The topological polar surface area (TPSA) is 65.8 Å². The minimum atomic E-state index is 0.210. The van der Waals surface area contributed by atoms with Gasteiger partial charge in [0.15, 0.2) is 0 Å². The zero-order valence-electron chi connectivity index (χ0n) is 13.4. The van der Waals surface area contributed by atoms with E-state index in [4.69, 9.17) is 5.53 Å². The van der Waals surface area contributed by atoms with Gasteiger partial charge in [0.25, 0.3) is 0 Å². The minimum Gasteiger partial charge on any atom is -0.299 e. The first kappa shape index (κ1) is 16.1. The van der Waals surface area contributed by atoms with Crippen LogP contribution < -0.4 is 0 Å². The van der Waals surface area contributed by atoms with Crippen LogP contribution in [0.5, 0.6) is 0 Å². The Labute approximate surface area is 127 Å². The molecule has 7 atom stereocenters. The molecular weight excluding hydrogens is 262 g/mol. The average molecular weight is 289 g/mol. The lowest BCUT2D eigenvalue weighted by Gasteiger charge is -2.21. The molecule has 0 aromatic rings. The number of fused-ring (bicyclic) bond motifs is 1. The van der Waals surface area contributed by atoms with Crippen molar-refractivity contribution < 1.29 is 4.79 Å². The molecule has 2 aliphatic carbocycles. The quantitative estimate of drug-likeness (QED) is 0.304. The average Bonchev–Trinajstić information content (AvgIpc) is 2.92. The molecule has 0 aromatic heterocycles. The Hall–Kier alpha value is -1.28. The fourth-order valence-electron chi connectivity index (χ4n) is 4.60. The molecule has 4 nitrogen and oxygen atoms in total. The van der Waals surface area contributed by atoms with Crippen LogP contribution in [0, 0.1) is 41.4 Å². The van der Waals surface area contributed by atoms with Gasteiger partial charge in [-0.25, -0.2) is 0 Å². The molecular formula is C17H27N3O. The van der Waals surface area contributed by atoms with Gasteiger partial charge < -0.3 is 0 Å². The predicted molar refractivity (Wildman–Crippen MR) is 84.5 cm³/mol. The molecule has 116 valence electrons. The van der Waals surface area contributed by atoms with Crippen LogP contribution in [0.25, 0.3) is 10.4 Å². The molecule has 0 aromatic carbocycles. The fourth-order valence-corrected chi connectivity index (χ4v) is 4.60. The van der Waals surface area contributed by atoms with Crippen LogP contribution >= 0.6 is 0 Å². The lowest BCUT2D eigenvalue weighted by atomic mass is 9.83. The van der Waals surface area contributed by atoms with E-state index in [1.54, 1.807) is 0 Å². The van der Waals surface area contributed by atoms with Gasteiger partial charge in [-0.05, 0) is 54.4 Å². The van der Waals surface area contributed by atoms with Gasteiger partial charge in [0, 0.05) is 23.3 Å². The van der Waals surface area contributed by atoms with Gasteiger partial charge in [0.2, 0.25) is 0 Å². The Bertz CT molecular complexity index is 455. The molecule has 2 fully saturated rings. The van der Waals surface area contributed by atoms with Gasteiger partial charge in [0.1, 0.15) is 5.78 Å². The van der Waals surface area contributed by atoms with Crippen molar-refractivity contribution in [3.8, 4) is 0 Å². The van der Waals surface area contributed by atoms with Gasteiger partial charge in [0.05, 0.1) is 0 Å². The second kappa shape index (κ2) is 6.65. The molecule has 0 unspecified atom stereocenters. The number of Topliss-reactive ketones (excluding diaryl/α,β-unsaturated/α-hetero) is 1. The Morgan fingerprint density at radius 3 is 2.76 bits per heavy atom. The van der Waals surface area contributed by atoms with Gasteiger partial charge in [-0.1, -0.05) is 32.0 Å². The number of azide groups is 1. The summed E-state index contributed by atoms with van der Waals surface area (Å²) in [5.41, 5.74) is 8.36. The summed E-state index contributed by atoms with van der Waals surface area (Å²) in [5, 5.41) is 3.63. The molecule has 0 amide bonds. The summed E-state index contributed by atoms with van der Waals surface area (Å²) in [5.74, 6) is 3.31. The molecule has 21 heavy (non-hydrogen) atoms. The number of carbonyl (C=O) groups excluding carboxylic acids is 1. The Balaban J connectivity index is 1.97. The fraction of sp³-hybridized carbons (Fsp3) is 0.824. The number of rotatable bonds is 6. The molecule has 0 bridgehead atoms. The molecule has 0 radical (unpaired) electrons. The van der Waals surface area contributed by atoms with E-state index >= 15 is 0 Å². The number of nitrogens with zero attached hydrogens (tertiary/aromatic N) is 3. The Morgan fingerprint density at radius 1 is 1.48 bits per heavy atom. The number of hydrogen-bond donors (Lipinski definition) is 0. The summed E-state index contributed by atoms with van der Waals surface area (Å²) in [6, 6.07) is 0. The summed E-state index contributed by atoms with van der Waals surface area (Å²) in [6.07, 6.45) is 5.09. The van der Waals surface area contributed by atoms with Gasteiger partial charge >= 0.3 is 0 Å². The Kier molecular flexibility index (Phi) is 5.10. The van der Waals surface area contributed by atoms with E-state index in [0.29, 0.717) is 41.9 Å². The van der Waals surface area contributed by atoms with Gasteiger partial charge in [-0.3, -0.25) is 4.79 Å². The van der Waals surface area contributed by atoms with Crippen molar-refractivity contribution in [2.45, 2.75) is 40.0 Å². The molecule has 0 spiro atoms. The summed E-state index contributed by atoms with van der Waals surface area (Å²) in [6.45, 7) is 11.0. The largest absolute Gasteiger partial charge is 0.299 e. The summed E-state index contributed by atoms with van der Waals surface area (Å²) < 4.78 is 0. The lowest BCUT2D eigenvalue weighted by Crippen LogP contribution is -2.22. The van der Waals surface area contributed by atoms with Crippen LogP contribution in [0.2, 0.25) is 0 Å². The molecule has 2 saturated carbocycles. The van der Waals surface area contributed by atoms with E-state index in [1.807, 2.05) is 6.08 Å². The normalized spacial score (nSPS) is 39.7. The van der Waals surface area contributed by atoms with Crippen LogP contribution in [0.1, 0.15) is 40.0 Å². The molecule has 2 aliphatic rings. The van der Waals surface area contributed by atoms with E-state index in [-0.39, 0.29) is 11.8 Å². The summed E-state index contributed by atoms with van der Waals surface area (Å²) in [4.78, 5) is 15.6. The van der Waals surface area contributed by atoms with Crippen molar-refractivity contribution in [1.29, 1.82) is 0 Å². The maximum absolute atomic E-state index is 12.8. The van der Waals surface area contributed by atoms with E-state index in [1.165, 1.54) is 0 Å². The molecule has 0 N–H and O–H groups in total. The van der Waals surface area contributed by atoms with E-state index in [0.717, 1.165) is 19.3 Å². The van der Waals surface area contributed by atoms with Crippen molar-refractivity contribution >= 4 is 5.78 Å². The standard InChI is InChI=1S/C17H27N3O/c1-5-13-8-15-12(4)14(17(21)16(15)11(13)3)7-6-10(2)9-19-20-18/h5,10-16H,1,6-9H2,2-4H3/t10-,11+,12+,13-,14+,15-,16-/m0/s1. The zero-order valence-corrected chi connectivity index (χ0v) is 13.4. The SMILES string of the molecule is C=C[C@H]1C[C@H]2[C@H](C)[C@@H](CC[C@H](C)CN=[N+]=[N-])C(=O)[C@H]2[C@@H]1C. The monoisotopic (exact) mass is 289 g/mol. The Morgan fingerprint density at radius 2 is 2.19 bits per heavy atom. The van der Waals surface area contributed by atoms with E-state index < -0.39 is 0 Å². The van der Waals surface area contributed by atoms with Crippen molar-refractivity contribution in [1.82, 2.24) is 0 Å². The molecule has 2 rings (SSSR count). The second-order valence-electron chi connectivity index (χ2n) is 7.15. The lowest BCUT2D eigenvalue weighted by molar-refractivity contribution is -0.125. The smallest absolute Gasteiger partial charge is 0.139 e. The third kappa shape index (κ3) is 3.01. The minimum absolute atomic E-state index is 0.210. The van der Waals surface area contributed by atoms with Crippen LogP contribution in [-0.2, 0) is 4.79 Å². The van der Waals surface area contributed by atoms with Crippen LogP contribution in [0.15, 0.2) is 17.8 Å².